The van der Waals surface area contributed by atoms with Gasteiger partial charge in [0.2, 0.25) is 5.91 Å². The second-order valence-electron chi connectivity index (χ2n) is 4.34. The number of nitrogens with zero attached hydrogens (tertiary/aromatic N) is 1. The molecule has 0 aromatic carbocycles. The number of hydrogen-bond donors (Lipinski definition) is 2. The quantitative estimate of drug-likeness (QED) is 0.828. The molecule has 5 heteroatoms. The van der Waals surface area contributed by atoms with Crippen LogP contribution in [0.3, 0.4) is 0 Å². The molecule has 1 aliphatic carbocycles. The van der Waals surface area contributed by atoms with E-state index in [1.54, 1.807) is 0 Å². The van der Waals surface area contributed by atoms with Gasteiger partial charge < -0.3 is 11.1 Å². The summed E-state index contributed by atoms with van der Waals surface area (Å²) in [7, 11) is 0. The van der Waals surface area contributed by atoms with Crippen molar-refractivity contribution in [1.29, 1.82) is 0 Å². The average molecular weight is 239 g/mol. The van der Waals surface area contributed by atoms with E-state index in [0.717, 1.165) is 31.4 Å². The van der Waals surface area contributed by atoms with Gasteiger partial charge in [0, 0.05) is 11.4 Å². The largest absolute Gasteiger partial charge is 0.327 e. The average Bonchev–Trinajstić information content (AvgIpc) is 2.64. The van der Waals surface area contributed by atoms with Gasteiger partial charge in [-0.05, 0) is 19.8 Å². The van der Waals surface area contributed by atoms with E-state index in [2.05, 4.69) is 10.3 Å². The van der Waals surface area contributed by atoms with Crippen molar-refractivity contribution in [3.05, 3.63) is 11.1 Å². The molecule has 0 bridgehead atoms. The van der Waals surface area contributed by atoms with Gasteiger partial charge in [-0.3, -0.25) is 4.79 Å². The molecular formula is C11H17N3OS. The predicted octanol–water partition coefficient (Wildman–Crippen LogP) is 1.91. The first-order valence-corrected chi connectivity index (χ1v) is 6.53. The first kappa shape index (κ1) is 11.5. The van der Waals surface area contributed by atoms with Gasteiger partial charge in [-0.1, -0.05) is 12.8 Å². The van der Waals surface area contributed by atoms with Crippen LogP contribution in [0.1, 0.15) is 31.4 Å². The van der Waals surface area contributed by atoms with E-state index in [-0.39, 0.29) is 17.9 Å². The Morgan fingerprint density at radius 2 is 2.31 bits per heavy atom. The molecule has 4 nitrogen and oxygen atoms in total. The van der Waals surface area contributed by atoms with Crippen LogP contribution in [0.15, 0.2) is 5.38 Å². The molecule has 2 atom stereocenters. The van der Waals surface area contributed by atoms with E-state index in [1.807, 2.05) is 12.3 Å². The van der Waals surface area contributed by atoms with Crippen molar-refractivity contribution in [2.45, 2.75) is 38.6 Å². The van der Waals surface area contributed by atoms with Crippen LogP contribution in [0, 0.1) is 12.8 Å². The lowest BCUT2D eigenvalue weighted by Crippen LogP contribution is -2.40. The van der Waals surface area contributed by atoms with Crippen molar-refractivity contribution in [2.75, 3.05) is 5.32 Å². The van der Waals surface area contributed by atoms with Crippen molar-refractivity contribution < 1.29 is 4.79 Å². The SMILES string of the molecule is Cc1csc(NC(=O)C2CCCCC2N)n1. The molecule has 0 spiro atoms. The van der Waals surface area contributed by atoms with Crippen LogP contribution in [0.2, 0.25) is 0 Å². The number of anilines is 1. The van der Waals surface area contributed by atoms with Crippen molar-refractivity contribution >= 4 is 22.4 Å². The van der Waals surface area contributed by atoms with Gasteiger partial charge in [-0.2, -0.15) is 0 Å². The minimum absolute atomic E-state index is 0.00908. The molecule has 88 valence electrons. The highest BCUT2D eigenvalue weighted by molar-refractivity contribution is 7.13. The number of aryl methyl sites for hydroxylation is 1. The third-order valence-corrected chi connectivity index (χ3v) is 3.88. The maximum Gasteiger partial charge on any atom is 0.230 e. The molecule has 1 fully saturated rings. The molecule has 0 saturated heterocycles. The van der Waals surface area contributed by atoms with Crippen LogP contribution in [-0.4, -0.2) is 16.9 Å². The number of carbonyl (C=O) groups is 1. The first-order chi connectivity index (χ1) is 7.66. The summed E-state index contributed by atoms with van der Waals surface area (Å²) in [4.78, 5) is 16.2. The molecule has 1 amide bonds. The fraction of sp³-hybridized carbons (Fsp3) is 0.636. The summed E-state index contributed by atoms with van der Waals surface area (Å²) >= 11 is 1.46. The van der Waals surface area contributed by atoms with Crippen molar-refractivity contribution in [2.24, 2.45) is 11.7 Å². The molecule has 1 aliphatic rings. The Labute approximate surface area is 99.3 Å². The number of aromatic nitrogens is 1. The molecule has 1 saturated carbocycles. The highest BCUT2D eigenvalue weighted by Gasteiger charge is 2.28. The van der Waals surface area contributed by atoms with Crippen molar-refractivity contribution in [3.63, 3.8) is 0 Å². The molecule has 1 aromatic rings. The zero-order valence-electron chi connectivity index (χ0n) is 9.40. The lowest BCUT2D eigenvalue weighted by Gasteiger charge is -2.26. The maximum atomic E-state index is 12.0. The van der Waals surface area contributed by atoms with Crippen LogP contribution in [0.25, 0.3) is 0 Å². The summed E-state index contributed by atoms with van der Waals surface area (Å²) in [6.45, 7) is 1.92. The summed E-state index contributed by atoms with van der Waals surface area (Å²) < 4.78 is 0. The zero-order chi connectivity index (χ0) is 11.5. The van der Waals surface area contributed by atoms with E-state index in [9.17, 15) is 4.79 Å². The van der Waals surface area contributed by atoms with Crippen LogP contribution < -0.4 is 11.1 Å². The van der Waals surface area contributed by atoms with Crippen LogP contribution >= 0.6 is 11.3 Å². The smallest absolute Gasteiger partial charge is 0.230 e. The summed E-state index contributed by atoms with van der Waals surface area (Å²) in [5, 5.41) is 5.46. The summed E-state index contributed by atoms with van der Waals surface area (Å²) in [5.74, 6) is -0.0143. The van der Waals surface area contributed by atoms with Gasteiger partial charge in [0.05, 0.1) is 11.6 Å². The fourth-order valence-corrected chi connectivity index (χ4v) is 2.79. The number of rotatable bonds is 2. The Balaban J connectivity index is 1.96. The second-order valence-corrected chi connectivity index (χ2v) is 5.20. The van der Waals surface area contributed by atoms with Gasteiger partial charge in [-0.25, -0.2) is 4.98 Å². The number of hydrogen-bond acceptors (Lipinski definition) is 4. The first-order valence-electron chi connectivity index (χ1n) is 5.65. The molecule has 1 aromatic heterocycles. The number of amides is 1. The Kier molecular flexibility index (Phi) is 3.56. The van der Waals surface area contributed by atoms with E-state index < -0.39 is 0 Å². The third kappa shape index (κ3) is 2.59. The van der Waals surface area contributed by atoms with E-state index in [1.165, 1.54) is 11.3 Å². The second kappa shape index (κ2) is 4.93. The fourth-order valence-electron chi connectivity index (χ4n) is 2.09. The number of carbonyl (C=O) groups excluding carboxylic acids is 1. The van der Waals surface area contributed by atoms with Gasteiger partial charge in [0.15, 0.2) is 5.13 Å². The molecule has 0 radical (unpaired) electrons. The molecule has 1 heterocycles. The molecule has 3 N–H and O–H groups in total. The Bertz CT molecular complexity index is 377. The minimum Gasteiger partial charge on any atom is -0.327 e. The Morgan fingerprint density at radius 1 is 1.56 bits per heavy atom. The highest BCUT2D eigenvalue weighted by atomic mass is 32.1. The molecule has 0 aliphatic heterocycles. The van der Waals surface area contributed by atoms with Crippen LogP contribution in [0.5, 0.6) is 0 Å². The van der Waals surface area contributed by atoms with Crippen LogP contribution in [-0.2, 0) is 4.79 Å². The monoisotopic (exact) mass is 239 g/mol. The number of thiazole rings is 1. The Hall–Kier alpha value is -0.940. The van der Waals surface area contributed by atoms with Gasteiger partial charge in [0.25, 0.3) is 0 Å². The molecule has 2 unspecified atom stereocenters. The Morgan fingerprint density at radius 3 is 2.94 bits per heavy atom. The summed E-state index contributed by atoms with van der Waals surface area (Å²) in [5.41, 5.74) is 6.90. The number of nitrogens with two attached hydrogens (primary N) is 1. The third-order valence-electron chi connectivity index (χ3n) is 3.01. The van der Waals surface area contributed by atoms with Gasteiger partial charge in [-0.15, -0.1) is 11.3 Å². The summed E-state index contributed by atoms with van der Waals surface area (Å²) in [6, 6.07) is 0.00908. The van der Waals surface area contributed by atoms with Crippen molar-refractivity contribution in [1.82, 2.24) is 4.98 Å². The van der Waals surface area contributed by atoms with E-state index in [4.69, 9.17) is 5.73 Å². The van der Waals surface area contributed by atoms with Gasteiger partial charge in [0.1, 0.15) is 0 Å². The lowest BCUT2D eigenvalue weighted by atomic mass is 9.84. The molecule has 2 rings (SSSR count). The molecule has 16 heavy (non-hydrogen) atoms. The van der Waals surface area contributed by atoms with E-state index >= 15 is 0 Å². The van der Waals surface area contributed by atoms with Crippen LogP contribution in [0.4, 0.5) is 5.13 Å². The topological polar surface area (TPSA) is 68.0 Å². The highest BCUT2D eigenvalue weighted by Crippen LogP contribution is 2.25. The molecular weight excluding hydrogens is 222 g/mol. The maximum absolute atomic E-state index is 12.0. The predicted molar refractivity (Wildman–Crippen MR) is 65.4 cm³/mol. The lowest BCUT2D eigenvalue weighted by molar-refractivity contribution is -0.121. The standard InChI is InChI=1S/C11H17N3OS/c1-7-6-16-11(13-7)14-10(15)8-4-2-3-5-9(8)12/h6,8-9H,2-5,12H2,1H3,(H,13,14,15). The summed E-state index contributed by atoms with van der Waals surface area (Å²) in [6.07, 6.45) is 4.09. The minimum atomic E-state index is -0.0436. The van der Waals surface area contributed by atoms with Crippen molar-refractivity contribution in [3.8, 4) is 0 Å². The zero-order valence-corrected chi connectivity index (χ0v) is 10.2. The van der Waals surface area contributed by atoms with Gasteiger partial charge >= 0.3 is 0 Å². The number of nitrogens with one attached hydrogen (secondary N) is 1. The van der Waals surface area contributed by atoms with E-state index in [0.29, 0.717) is 5.13 Å². The normalized spacial score (nSPS) is 25.4.